The maximum atomic E-state index is 12.5. The zero-order valence-corrected chi connectivity index (χ0v) is 25.7. The minimum absolute atomic E-state index is 0.0353. The molecule has 6 N–H and O–H groups in total. The van der Waals surface area contributed by atoms with Crippen molar-refractivity contribution in [1.29, 1.82) is 0 Å². The summed E-state index contributed by atoms with van der Waals surface area (Å²) in [7, 11) is 1.22. The number of carbonyl (C=O) groups is 2. The maximum absolute atomic E-state index is 12.5. The van der Waals surface area contributed by atoms with E-state index in [1.54, 1.807) is 19.1 Å². The summed E-state index contributed by atoms with van der Waals surface area (Å²) in [6.07, 6.45) is 0.0664. The van der Waals surface area contributed by atoms with E-state index in [9.17, 15) is 35.1 Å². The molecule has 1 spiro atoms. The SMILES string of the molecule is C=CC1C(OC2OC(CO)C3(C=c4cc(C(C)C)[nH]c4=C(CCCO)O3)C(O)C2(O)CC)CC=C(C(=O)OC)C1CC(=O)O. The molecule has 1 aromatic heterocycles. The summed E-state index contributed by atoms with van der Waals surface area (Å²) in [5.74, 6) is -2.66. The molecule has 1 aliphatic carbocycles. The third-order valence-electron chi connectivity index (χ3n) is 9.09. The van der Waals surface area contributed by atoms with E-state index in [-0.39, 0.29) is 30.9 Å². The highest BCUT2D eigenvalue weighted by Crippen LogP contribution is 2.46. The number of hydrogen-bond donors (Lipinski definition) is 6. The lowest BCUT2D eigenvalue weighted by Gasteiger charge is -2.55. The number of H-pyrrole nitrogens is 1. The first-order valence-electron chi connectivity index (χ1n) is 15.1. The molecule has 12 heteroatoms. The van der Waals surface area contributed by atoms with Crippen LogP contribution in [0, 0.1) is 11.8 Å². The number of aliphatic hydroxyl groups excluding tert-OH is 3. The summed E-state index contributed by atoms with van der Waals surface area (Å²) >= 11 is 0. The van der Waals surface area contributed by atoms with Crippen molar-refractivity contribution in [3.8, 4) is 0 Å². The van der Waals surface area contributed by atoms with Crippen LogP contribution in [0.15, 0.2) is 30.4 Å². The number of fused-ring (bicyclic) bond motifs is 1. The zero-order valence-electron chi connectivity index (χ0n) is 25.7. The summed E-state index contributed by atoms with van der Waals surface area (Å²) in [5.41, 5.74) is -2.63. The second-order valence-corrected chi connectivity index (χ2v) is 12.0. The fraction of sp³-hybridized carbons (Fsp3) is 0.625. The van der Waals surface area contributed by atoms with E-state index in [2.05, 4.69) is 11.6 Å². The Morgan fingerprint density at radius 1 is 1.30 bits per heavy atom. The van der Waals surface area contributed by atoms with Crippen molar-refractivity contribution >= 4 is 23.8 Å². The van der Waals surface area contributed by atoms with Gasteiger partial charge >= 0.3 is 11.9 Å². The fourth-order valence-corrected chi connectivity index (χ4v) is 6.58. The monoisotopic (exact) mass is 619 g/mol. The predicted octanol–water partition coefficient (Wildman–Crippen LogP) is 0.569. The van der Waals surface area contributed by atoms with Crippen LogP contribution < -0.4 is 10.6 Å². The van der Waals surface area contributed by atoms with E-state index in [0.29, 0.717) is 29.2 Å². The van der Waals surface area contributed by atoms with Gasteiger partial charge in [0.2, 0.25) is 0 Å². The molecule has 0 amide bonds. The van der Waals surface area contributed by atoms with Crippen molar-refractivity contribution in [2.24, 2.45) is 11.8 Å². The van der Waals surface area contributed by atoms with E-state index in [0.717, 1.165) is 5.69 Å². The number of nitrogens with one attached hydrogen (secondary N) is 1. The second-order valence-electron chi connectivity index (χ2n) is 12.0. The molecule has 44 heavy (non-hydrogen) atoms. The average molecular weight is 620 g/mol. The smallest absolute Gasteiger partial charge is 0.333 e. The minimum Gasteiger partial charge on any atom is -0.481 e. The van der Waals surface area contributed by atoms with Crippen molar-refractivity contribution < 1.29 is 54.1 Å². The van der Waals surface area contributed by atoms with Gasteiger partial charge in [-0.1, -0.05) is 32.9 Å². The molecule has 0 radical (unpaired) electrons. The molecule has 3 aliphatic rings. The number of carbonyl (C=O) groups excluding carboxylic acids is 1. The molecule has 3 heterocycles. The van der Waals surface area contributed by atoms with E-state index in [1.165, 1.54) is 13.2 Å². The molecule has 4 rings (SSSR count). The first kappa shape index (κ1) is 33.9. The second kappa shape index (κ2) is 13.6. The maximum Gasteiger partial charge on any atom is 0.333 e. The molecule has 244 valence electrons. The van der Waals surface area contributed by atoms with Crippen LogP contribution in [-0.2, 0) is 28.5 Å². The van der Waals surface area contributed by atoms with Gasteiger partial charge in [0, 0.05) is 41.3 Å². The van der Waals surface area contributed by atoms with Crippen molar-refractivity contribution in [2.75, 3.05) is 20.3 Å². The van der Waals surface area contributed by atoms with Gasteiger partial charge in [0.05, 0.1) is 31.6 Å². The van der Waals surface area contributed by atoms with Gasteiger partial charge in [0.25, 0.3) is 0 Å². The van der Waals surface area contributed by atoms with Gasteiger partial charge in [0.15, 0.2) is 11.9 Å². The summed E-state index contributed by atoms with van der Waals surface area (Å²) < 4.78 is 23.9. The van der Waals surface area contributed by atoms with Gasteiger partial charge in [-0.3, -0.25) is 4.79 Å². The zero-order chi connectivity index (χ0) is 32.4. The third kappa shape index (κ3) is 5.99. The van der Waals surface area contributed by atoms with Crippen LogP contribution in [0.3, 0.4) is 0 Å². The van der Waals surface area contributed by atoms with Crippen molar-refractivity contribution in [2.45, 2.75) is 94.6 Å². The molecular weight excluding hydrogens is 574 g/mol. The molecule has 1 fully saturated rings. The largest absolute Gasteiger partial charge is 0.481 e. The standard InChI is InChI=1S/C32H45NO11/c1-6-19-21(14-26(36)37)20(28(38)41-5)10-11-23(19)42-30-31(40,7-2)29(39)32(25(16-35)43-30)15-18-13-22(17(3)4)33-27(18)24(44-32)9-8-12-34/h6,10,13,15,17,19,21,23,25,29-30,33-35,39-40H,1,7-9,11-12,14,16H2,2-5H3,(H,36,37). The number of rotatable bonds is 12. The Balaban J connectivity index is 1.74. The van der Waals surface area contributed by atoms with Crippen LogP contribution in [0.5, 0.6) is 0 Å². The van der Waals surface area contributed by atoms with Crippen LogP contribution in [-0.4, -0.2) is 98.6 Å². The quantitative estimate of drug-likeness (QED) is 0.142. The van der Waals surface area contributed by atoms with Gasteiger partial charge in [-0.2, -0.15) is 0 Å². The van der Waals surface area contributed by atoms with Crippen LogP contribution in [0.4, 0.5) is 0 Å². The Kier molecular flexibility index (Phi) is 10.4. The number of methoxy groups -OCH3 is 1. The predicted molar refractivity (Wildman–Crippen MR) is 158 cm³/mol. The lowest BCUT2D eigenvalue weighted by atomic mass is 9.73. The first-order chi connectivity index (χ1) is 20.9. The molecule has 8 atom stereocenters. The van der Waals surface area contributed by atoms with E-state index in [4.69, 9.17) is 18.9 Å². The molecule has 0 bridgehead atoms. The fourth-order valence-electron chi connectivity index (χ4n) is 6.58. The van der Waals surface area contributed by atoms with E-state index >= 15 is 0 Å². The number of aliphatic carboxylic acids is 1. The van der Waals surface area contributed by atoms with Crippen LogP contribution in [0.2, 0.25) is 0 Å². The van der Waals surface area contributed by atoms with Crippen molar-refractivity contribution in [3.05, 3.63) is 46.6 Å². The number of hydrogen-bond acceptors (Lipinski definition) is 10. The Hall–Kier alpha value is -3.00. The Bertz CT molecular complexity index is 1380. The lowest BCUT2D eigenvalue weighted by Crippen LogP contribution is -2.74. The average Bonchev–Trinajstić information content (AvgIpc) is 3.44. The lowest BCUT2D eigenvalue weighted by molar-refractivity contribution is -0.365. The topological polar surface area (TPSA) is 188 Å². The number of carboxylic acid groups (broad SMARTS) is 1. The summed E-state index contributed by atoms with van der Waals surface area (Å²) in [6.45, 7) is 8.88. The van der Waals surface area contributed by atoms with Crippen LogP contribution in [0.25, 0.3) is 11.8 Å². The number of esters is 1. The van der Waals surface area contributed by atoms with Crippen LogP contribution >= 0.6 is 0 Å². The summed E-state index contributed by atoms with van der Waals surface area (Å²) in [4.78, 5) is 27.6. The minimum atomic E-state index is -2.04. The van der Waals surface area contributed by atoms with E-state index in [1.807, 2.05) is 19.9 Å². The highest BCUT2D eigenvalue weighted by Gasteiger charge is 2.64. The highest BCUT2D eigenvalue weighted by molar-refractivity contribution is 5.90. The van der Waals surface area contributed by atoms with Gasteiger partial charge in [-0.05, 0) is 37.3 Å². The summed E-state index contributed by atoms with van der Waals surface area (Å²) in [6, 6.07) is 1.93. The van der Waals surface area contributed by atoms with Crippen molar-refractivity contribution in [1.82, 2.24) is 4.98 Å². The molecule has 8 unspecified atom stereocenters. The number of aromatic nitrogens is 1. The molecule has 12 nitrogen and oxygen atoms in total. The molecule has 2 aliphatic heterocycles. The Morgan fingerprint density at radius 3 is 2.59 bits per heavy atom. The summed E-state index contributed by atoms with van der Waals surface area (Å²) in [5, 5.41) is 55.2. The number of ether oxygens (including phenoxy) is 4. The third-order valence-corrected chi connectivity index (χ3v) is 9.09. The van der Waals surface area contributed by atoms with Gasteiger partial charge < -0.3 is 49.5 Å². The number of aliphatic hydroxyl groups is 4. The Labute approximate surface area is 256 Å². The normalized spacial score (nSPS) is 33.3. The Morgan fingerprint density at radius 2 is 2.02 bits per heavy atom. The van der Waals surface area contributed by atoms with Gasteiger partial charge in [0.1, 0.15) is 23.6 Å². The molecule has 0 saturated carbocycles. The van der Waals surface area contributed by atoms with Crippen LogP contribution in [0.1, 0.15) is 64.5 Å². The molecule has 1 saturated heterocycles. The van der Waals surface area contributed by atoms with Gasteiger partial charge in [-0.25, -0.2) is 4.79 Å². The number of carboxylic acids is 1. The van der Waals surface area contributed by atoms with Gasteiger partial charge in [-0.15, -0.1) is 6.58 Å². The number of aromatic amines is 1. The van der Waals surface area contributed by atoms with Crippen molar-refractivity contribution in [3.63, 3.8) is 0 Å². The molecule has 0 aromatic carbocycles. The highest BCUT2D eigenvalue weighted by atomic mass is 16.7. The molecule has 1 aromatic rings. The molecular formula is C32H45NO11. The first-order valence-corrected chi connectivity index (χ1v) is 15.1. The van der Waals surface area contributed by atoms with E-state index < -0.39 is 72.6 Å².